The Morgan fingerprint density at radius 1 is 1.62 bits per heavy atom. The minimum Gasteiger partial charge on any atom is -0.466 e. The van der Waals surface area contributed by atoms with E-state index in [1.165, 1.54) is 0 Å². The Bertz CT molecular complexity index is 172. The third-order valence-electron chi connectivity index (χ3n) is 2.23. The Morgan fingerprint density at radius 3 is 2.92 bits per heavy atom. The molecule has 0 aromatic rings. The molecule has 1 aliphatic heterocycles. The van der Waals surface area contributed by atoms with E-state index in [1.807, 2.05) is 6.92 Å². The molecule has 0 aliphatic carbocycles. The van der Waals surface area contributed by atoms with Crippen LogP contribution in [-0.2, 0) is 14.3 Å². The Labute approximate surface area is 78.6 Å². The number of nitrogens with one attached hydrogen (secondary N) is 1. The summed E-state index contributed by atoms with van der Waals surface area (Å²) in [7, 11) is 1.69. The van der Waals surface area contributed by atoms with Crippen LogP contribution < -0.4 is 5.32 Å². The van der Waals surface area contributed by atoms with Gasteiger partial charge in [-0.25, -0.2) is 0 Å². The quantitative estimate of drug-likeness (QED) is 0.644. The first-order valence-corrected chi connectivity index (χ1v) is 4.68. The first kappa shape index (κ1) is 10.5. The van der Waals surface area contributed by atoms with Gasteiger partial charge in [-0.05, 0) is 13.3 Å². The Kier molecular flexibility index (Phi) is 4.18. The van der Waals surface area contributed by atoms with Gasteiger partial charge in [-0.1, -0.05) is 0 Å². The van der Waals surface area contributed by atoms with Gasteiger partial charge in [-0.3, -0.25) is 4.79 Å². The predicted octanol–water partition coefficient (Wildman–Crippen LogP) is 0.317. The molecule has 1 rings (SSSR count). The van der Waals surface area contributed by atoms with Gasteiger partial charge in [0.2, 0.25) is 0 Å². The van der Waals surface area contributed by atoms with Crippen molar-refractivity contribution in [1.82, 2.24) is 5.32 Å². The fourth-order valence-electron chi connectivity index (χ4n) is 1.54. The lowest BCUT2D eigenvalue weighted by Crippen LogP contribution is -2.25. The molecule has 4 nitrogen and oxygen atoms in total. The average molecular weight is 187 g/mol. The zero-order chi connectivity index (χ0) is 9.68. The average Bonchev–Trinajstić information content (AvgIpc) is 2.52. The highest BCUT2D eigenvalue weighted by Crippen LogP contribution is 2.12. The molecule has 0 aromatic heterocycles. The summed E-state index contributed by atoms with van der Waals surface area (Å²) in [6.07, 6.45) is 1.60. The second-order valence-electron chi connectivity index (χ2n) is 3.21. The number of methoxy groups -OCH3 is 1. The third-order valence-corrected chi connectivity index (χ3v) is 2.23. The zero-order valence-electron chi connectivity index (χ0n) is 8.21. The topological polar surface area (TPSA) is 47.6 Å². The van der Waals surface area contributed by atoms with Crippen LogP contribution in [0.5, 0.6) is 0 Å². The number of hydrogen-bond donors (Lipinski definition) is 1. The lowest BCUT2D eigenvalue weighted by Gasteiger charge is -2.08. The Hall–Kier alpha value is -0.610. The van der Waals surface area contributed by atoms with Gasteiger partial charge in [0.25, 0.3) is 0 Å². The first-order chi connectivity index (χ1) is 6.26. The molecule has 0 radical (unpaired) electrons. The SMILES string of the molecule is CCOC(=O)C[C@@H]1C[C@@H](OC)CN1. The normalized spacial score (nSPS) is 27.5. The highest BCUT2D eigenvalue weighted by atomic mass is 16.5. The molecule has 76 valence electrons. The molecule has 0 amide bonds. The largest absolute Gasteiger partial charge is 0.466 e. The van der Waals surface area contributed by atoms with E-state index in [0.29, 0.717) is 13.0 Å². The van der Waals surface area contributed by atoms with Crippen LogP contribution >= 0.6 is 0 Å². The zero-order valence-corrected chi connectivity index (χ0v) is 8.21. The van der Waals surface area contributed by atoms with Crippen LogP contribution in [0.2, 0.25) is 0 Å². The Morgan fingerprint density at radius 2 is 2.38 bits per heavy atom. The highest BCUT2D eigenvalue weighted by molar-refractivity contribution is 5.70. The van der Waals surface area contributed by atoms with E-state index in [2.05, 4.69) is 5.32 Å². The monoisotopic (exact) mass is 187 g/mol. The van der Waals surface area contributed by atoms with Crippen molar-refractivity contribution >= 4 is 5.97 Å². The number of carbonyl (C=O) groups is 1. The summed E-state index contributed by atoms with van der Waals surface area (Å²) >= 11 is 0. The van der Waals surface area contributed by atoms with E-state index >= 15 is 0 Å². The maximum Gasteiger partial charge on any atom is 0.307 e. The van der Waals surface area contributed by atoms with E-state index in [1.54, 1.807) is 7.11 Å². The van der Waals surface area contributed by atoms with E-state index in [0.717, 1.165) is 13.0 Å². The Balaban J connectivity index is 2.19. The summed E-state index contributed by atoms with van der Waals surface area (Å²) in [5, 5.41) is 3.22. The van der Waals surface area contributed by atoms with Crippen LogP contribution in [-0.4, -0.2) is 38.4 Å². The summed E-state index contributed by atoms with van der Waals surface area (Å²) in [6, 6.07) is 0.226. The van der Waals surface area contributed by atoms with Gasteiger partial charge in [0.15, 0.2) is 0 Å². The third kappa shape index (κ3) is 3.32. The van der Waals surface area contributed by atoms with E-state index in [9.17, 15) is 4.79 Å². The van der Waals surface area contributed by atoms with Gasteiger partial charge < -0.3 is 14.8 Å². The van der Waals surface area contributed by atoms with E-state index in [-0.39, 0.29) is 18.1 Å². The molecule has 1 heterocycles. The summed E-state index contributed by atoms with van der Waals surface area (Å²) in [5.41, 5.74) is 0. The molecule has 1 saturated heterocycles. The van der Waals surface area contributed by atoms with Crippen LogP contribution in [0.1, 0.15) is 19.8 Å². The molecule has 0 bridgehead atoms. The fraction of sp³-hybridized carbons (Fsp3) is 0.889. The highest BCUT2D eigenvalue weighted by Gasteiger charge is 2.25. The predicted molar refractivity (Wildman–Crippen MR) is 48.5 cm³/mol. The van der Waals surface area contributed by atoms with Crippen molar-refractivity contribution in [3.63, 3.8) is 0 Å². The van der Waals surface area contributed by atoms with Crippen molar-refractivity contribution in [2.45, 2.75) is 31.9 Å². The maximum absolute atomic E-state index is 11.1. The number of ether oxygens (including phenoxy) is 2. The van der Waals surface area contributed by atoms with Crippen LogP contribution in [0.25, 0.3) is 0 Å². The number of esters is 1. The number of hydrogen-bond acceptors (Lipinski definition) is 4. The van der Waals surface area contributed by atoms with Gasteiger partial charge in [0.1, 0.15) is 0 Å². The van der Waals surface area contributed by atoms with Gasteiger partial charge >= 0.3 is 5.97 Å². The van der Waals surface area contributed by atoms with Crippen molar-refractivity contribution in [3.8, 4) is 0 Å². The molecule has 4 heteroatoms. The van der Waals surface area contributed by atoms with Gasteiger partial charge in [0, 0.05) is 19.7 Å². The maximum atomic E-state index is 11.1. The molecular weight excluding hydrogens is 170 g/mol. The second kappa shape index (κ2) is 5.19. The number of rotatable bonds is 4. The first-order valence-electron chi connectivity index (χ1n) is 4.68. The molecule has 13 heavy (non-hydrogen) atoms. The summed E-state index contributed by atoms with van der Waals surface area (Å²) in [6.45, 7) is 3.11. The molecule has 0 aromatic carbocycles. The molecule has 1 aliphatic rings. The molecule has 0 unspecified atom stereocenters. The lowest BCUT2D eigenvalue weighted by molar-refractivity contribution is -0.143. The van der Waals surface area contributed by atoms with Crippen LogP contribution in [0.4, 0.5) is 0 Å². The standard InChI is InChI=1S/C9H17NO3/c1-3-13-9(11)5-7-4-8(12-2)6-10-7/h7-8,10H,3-6H2,1-2H3/t7-,8+/m0/s1. The molecule has 0 spiro atoms. The van der Waals surface area contributed by atoms with Crippen molar-refractivity contribution < 1.29 is 14.3 Å². The van der Waals surface area contributed by atoms with Crippen molar-refractivity contribution in [1.29, 1.82) is 0 Å². The van der Waals surface area contributed by atoms with Gasteiger partial charge in [0.05, 0.1) is 19.1 Å². The van der Waals surface area contributed by atoms with Crippen molar-refractivity contribution in [2.24, 2.45) is 0 Å². The molecule has 2 atom stereocenters. The second-order valence-corrected chi connectivity index (χ2v) is 3.21. The molecule has 1 N–H and O–H groups in total. The summed E-state index contributed by atoms with van der Waals surface area (Å²) in [4.78, 5) is 11.1. The minimum absolute atomic E-state index is 0.128. The van der Waals surface area contributed by atoms with Crippen LogP contribution in [0.15, 0.2) is 0 Å². The van der Waals surface area contributed by atoms with E-state index < -0.39 is 0 Å². The minimum atomic E-state index is -0.128. The lowest BCUT2D eigenvalue weighted by atomic mass is 10.1. The smallest absolute Gasteiger partial charge is 0.307 e. The summed E-state index contributed by atoms with van der Waals surface area (Å²) < 4.78 is 10.0. The van der Waals surface area contributed by atoms with Gasteiger partial charge in [-0.2, -0.15) is 0 Å². The van der Waals surface area contributed by atoms with Crippen LogP contribution in [0.3, 0.4) is 0 Å². The van der Waals surface area contributed by atoms with Gasteiger partial charge in [-0.15, -0.1) is 0 Å². The summed E-state index contributed by atoms with van der Waals surface area (Å²) in [5.74, 6) is -0.128. The van der Waals surface area contributed by atoms with Crippen LogP contribution in [0, 0.1) is 0 Å². The molecular formula is C9H17NO3. The molecule has 1 fully saturated rings. The van der Waals surface area contributed by atoms with E-state index in [4.69, 9.17) is 9.47 Å². The van der Waals surface area contributed by atoms with Crippen molar-refractivity contribution in [2.75, 3.05) is 20.3 Å². The number of carbonyl (C=O) groups excluding carboxylic acids is 1. The molecule has 0 saturated carbocycles. The van der Waals surface area contributed by atoms with Crippen molar-refractivity contribution in [3.05, 3.63) is 0 Å². The fourth-order valence-corrected chi connectivity index (χ4v) is 1.54.